The van der Waals surface area contributed by atoms with E-state index in [4.69, 9.17) is 30.1 Å². The minimum atomic E-state index is -0.816. The molecule has 0 N–H and O–H groups in total. The summed E-state index contributed by atoms with van der Waals surface area (Å²) >= 11 is 0. The molecule has 1 amide bonds. The van der Waals surface area contributed by atoms with Gasteiger partial charge in [-0.1, -0.05) is 18.4 Å². The standard InChI is InChI=1S/C38H43F2N5O6/c1-9-24-26(39)14-13-22-18-23(50-21-47-7)19-25(28(22)24)31-30(40)32-29(34(41-31)48-8)33(44(5)6)43-35(42-32)49-20-38-15-10-12-27(38)45(17-11-16-38)36(46)51-37(2,3)4/h1,13-14,18-19,27H,10-12,15-17,20-21H2,2-8H3/t27-,38-/m1/s1. The van der Waals surface area contributed by atoms with Crippen LogP contribution in [0.4, 0.5) is 19.4 Å². The quantitative estimate of drug-likeness (QED) is 0.132. The number of carbonyl (C=O) groups is 1. The molecule has 51 heavy (non-hydrogen) atoms. The summed E-state index contributed by atoms with van der Waals surface area (Å²) in [7, 11) is 6.40. The van der Waals surface area contributed by atoms with E-state index in [1.54, 1.807) is 25.1 Å². The molecule has 1 saturated carbocycles. The van der Waals surface area contributed by atoms with Crippen molar-refractivity contribution >= 4 is 33.6 Å². The molecule has 0 radical (unpaired) electrons. The minimum absolute atomic E-state index is 0.0430. The third-order valence-corrected chi connectivity index (χ3v) is 9.54. The molecule has 2 aromatic carbocycles. The number of anilines is 1. The molecule has 2 fully saturated rings. The Morgan fingerprint density at radius 1 is 1.08 bits per heavy atom. The summed E-state index contributed by atoms with van der Waals surface area (Å²) in [5.41, 5.74) is -1.14. The van der Waals surface area contributed by atoms with Gasteiger partial charge in [0, 0.05) is 50.2 Å². The van der Waals surface area contributed by atoms with E-state index in [1.807, 2.05) is 25.7 Å². The number of benzene rings is 2. The van der Waals surface area contributed by atoms with E-state index in [-0.39, 0.29) is 76.0 Å². The van der Waals surface area contributed by atoms with Crippen molar-refractivity contribution in [2.45, 2.75) is 64.5 Å². The van der Waals surface area contributed by atoms with Gasteiger partial charge in [-0.3, -0.25) is 0 Å². The fourth-order valence-corrected chi connectivity index (χ4v) is 7.41. The van der Waals surface area contributed by atoms with Gasteiger partial charge in [-0.05, 0) is 70.0 Å². The highest BCUT2D eigenvalue weighted by Gasteiger charge is 2.51. The molecule has 0 bridgehead atoms. The van der Waals surface area contributed by atoms with Crippen molar-refractivity contribution in [3.8, 4) is 41.2 Å². The molecular weight excluding hydrogens is 660 g/mol. The Labute approximate surface area is 296 Å². The predicted molar refractivity (Wildman–Crippen MR) is 189 cm³/mol. The molecule has 0 spiro atoms. The van der Waals surface area contributed by atoms with Gasteiger partial charge in [0.05, 0.1) is 19.3 Å². The second-order valence-electron chi connectivity index (χ2n) is 14.3. The van der Waals surface area contributed by atoms with Crippen LogP contribution in [-0.2, 0) is 9.47 Å². The number of methoxy groups -OCH3 is 2. The van der Waals surface area contributed by atoms with E-state index in [0.29, 0.717) is 23.5 Å². The first-order chi connectivity index (χ1) is 24.3. The Kier molecular flexibility index (Phi) is 9.83. The lowest BCUT2D eigenvalue weighted by atomic mass is 9.75. The smallest absolute Gasteiger partial charge is 0.410 e. The molecule has 270 valence electrons. The Bertz CT molecular complexity index is 2030. The summed E-state index contributed by atoms with van der Waals surface area (Å²) in [5, 5.41) is 1.00. The maximum atomic E-state index is 17.1. The van der Waals surface area contributed by atoms with Crippen LogP contribution in [0.5, 0.6) is 17.6 Å². The number of fused-ring (bicyclic) bond motifs is 3. The van der Waals surface area contributed by atoms with Crippen molar-refractivity contribution in [1.29, 1.82) is 0 Å². The summed E-state index contributed by atoms with van der Waals surface area (Å²) in [6, 6.07) is 5.86. The number of pyridine rings is 1. The largest absolute Gasteiger partial charge is 0.480 e. The van der Waals surface area contributed by atoms with Gasteiger partial charge in [0.1, 0.15) is 39.6 Å². The molecule has 13 heteroatoms. The number of carbonyl (C=O) groups excluding carboxylic acids is 1. The van der Waals surface area contributed by atoms with Gasteiger partial charge in [0.2, 0.25) is 5.88 Å². The fraction of sp³-hybridized carbons (Fsp3) is 0.474. The van der Waals surface area contributed by atoms with Crippen LogP contribution in [0.25, 0.3) is 32.9 Å². The van der Waals surface area contributed by atoms with Gasteiger partial charge in [0.15, 0.2) is 12.6 Å². The zero-order valence-corrected chi connectivity index (χ0v) is 30.1. The van der Waals surface area contributed by atoms with Crippen molar-refractivity contribution in [2.24, 2.45) is 5.41 Å². The Hall–Kier alpha value is -4.96. The SMILES string of the molecule is C#Cc1c(F)ccc2cc(OCOC)cc(-c3nc(OC)c4c(N(C)C)nc(OC[C@]56CCC[C@H]5N(C(=O)OC(C)(C)C)CCC6)nc4c3F)c12. The monoisotopic (exact) mass is 703 g/mol. The molecule has 1 aliphatic carbocycles. The lowest BCUT2D eigenvalue weighted by molar-refractivity contribution is -0.0282. The highest BCUT2D eigenvalue weighted by Crippen LogP contribution is 2.49. The average Bonchev–Trinajstić information content (AvgIpc) is 3.53. The van der Waals surface area contributed by atoms with E-state index in [1.165, 1.54) is 32.4 Å². The number of halogens is 2. The third-order valence-electron chi connectivity index (χ3n) is 9.54. The summed E-state index contributed by atoms with van der Waals surface area (Å²) in [6.45, 7) is 6.32. The van der Waals surface area contributed by atoms with Crippen molar-refractivity contribution < 1.29 is 37.3 Å². The first kappa shape index (κ1) is 35.9. The Morgan fingerprint density at radius 2 is 1.84 bits per heavy atom. The maximum absolute atomic E-state index is 17.1. The number of hydrogen-bond acceptors (Lipinski definition) is 10. The maximum Gasteiger partial charge on any atom is 0.410 e. The third kappa shape index (κ3) is 6.77. The molecule has 4 aromatic rings. The number of amides is 1. The average molecular weight is 704 g/mol. The zero-order valence-electron chi connectivity index (χ0n) is 30.1. The van der Waals surface area contributed by atoms with Crippen LogP contribution in [0.15, 0.2) is 24.3 Å². The number of rotatable bonds is 9. The lowest BCUT2D eigenvalue weighted by Gasteiger charge is -2.46. The second-order valence-corrected chi connectivity index (χ2v) is 14.3. The van der Waals surface area contributed by atoms with Gasteiger partial charge in [-0.15, -0.1) is 6.42 Å². The molecule has 2 aliphatic rings. The first-order valence-electron chi connectivity index (χ1n) is 16.9. The van der Waals surface area contributed by atoms with Crippen molar-refractivity contribution in [2.75, 3.05) is 53.2 Å². The first-order valence-corrected chi connectivity index (χ1v) is 16.9. The molecule has 2 aromatic heterocycles. The van der Waals surface area contributed by atoms with E-state index in [2.05, 4.69) is 20.9 Å². The van der Waals surface area contributed by atoms with E-state index >= 15 is 8.78 Å². The zero-order chi connectivity index (χ0) is 36.7. The fourth-order valence-electron chi connectivity index (χ4n) is 7.41. The summed E-state index contributed by atoms with van der Waals surface area (Å²) in [5.74, 6) is 1.64. The molecule has 3 heterocycles. The van der Waals surface area contributed by atoms with Gasteiger partial charge < -0.3 is 33.5 Å². The lowest BCUT2D eigenvalue weighted by Crippen LogP contribution is -2.55. The number of terminal acetylenes is 1. The number of likely N-dealkylation sites (tertiary alicyclic amines) is 1. The van der Waals surface area contributed by atoms with Crippen LogP contribution in [0.1, 0.15) is 58.4 Å². The molecule has 11 nitrogen and oxygen atoms in total. The van der Waals surface area contributed by atoms with E-state index < -0.39 is 17.2 Å². The van der Waals surface area contributed by atoms with E-state index in [0.717, 1.165) is 32.1 Å². The van der Waals surface area contributed by atoms with Crippen LogP contribution >= 0.6 is 0 Å². The van der Waals surface area contributed by atoms with Crippen LogP contribution in [-0.4, -0.2) is 85.8 Å². The highest BCUT2D eigenvalue weighted by molar-refractivity contribution is 6.04. The van der Waals surface area contributed by atoms with Crippen LogP contribution in [0.3, 0.4) is 0 Å². The predicted octanol–water partition coefficient (Wildman–Crippen LogP) is 7.11. The number of hydrogen-bond donors (Lipinski definition) is 0. The Balaban J connectivity index is 1.47. The summed E-state index contributed by atoms with van der Waals surface area (Å²) < 4.78 is 60.8. The van der Waals surface area contributed by atoms with E-state index in [9.17, 15) is 4.79 Å². The molecular formula is C38H43F2N5O6. The van der Waals surface area contributed by atoms with Crippen LogP contribution < -0.4 is 19.1 Å². The highest BCUT2D eigenvalue weighted by atomic mass is 19.1. The van der Waals surface area contributed by atoms with Crippen LogP contribution in [0.2, 0.25) is 0 Å². The van der Waals surface area contributed by atoms with Gasteiger partial charge in [-0.25, -0.2) is 18.6 Å². The number of nitrogens with zero attached hydrogens (tertiary/aromatic N) is 5. The number of aromatic nitrogens is 3. The van der Waals surface area contributed by atoms with Crippen molar-refractivity contribution in [3.05, 3.63) is 41.5 Å². The summed E-state index contributed by atoms with van der Waals surface area (Å²) in [4.78, 5) is 30.6. The minimum Gasteiger partial charge on any atom is -0.480 e. The van der Waals surface area contributed by atoms with Gasteiger partial charge >= 0.3 is 12.1 Å². The second kappa shape index (κ2) is 14.0. The number of piperidine rings is 1. The molecule has 1 aliphatic heterocycles. The summed E-state index contributed by atoms with van der Waals surface area (Å²) in [6.07, 6.45) is 9.69. The number of ether oxygens (including phenoxy) is 5. The molecule has 2 atom stereocenters. The molecule has 6 rings (SSSR count). The van der Waals surface area contributed by atoms with Gasteiger partial charge in [-0.2, -0.15) is 9.97 Å². The normalized spacial score (nSPS) is 18.7. The topological polar surface area (TPSA) is 108 Å². The van der Waals surface area contributed by atoms with Crippen molar-refractivity contribution in [3.63, 3.8) is 0 Å². The molecule has 0 unspecified atom stereocenters. The van der Waals surface area contributed by atoms with Gasteiger partial charge in [0.25, 0.3) is 0 Å². The van der Waals surface area contributed by atoms with Crippen molar-refractivity contribution in [1.82, 2.24) is 19.9 Å². The Morgan fingerprint density at radius 3 is 2.53 bits per heavy atom. The van der Waals surface area contributed by atoms with Crippen LogP contribution in [0, 0.1) is 29.4 Å². The molecule has 1 saturated heterocycles.